The van der Waals surface area contributed by atoms with E-state index in [1.807, 2.05) is 19.1 Å². The standard InChI is InChI=1S/C22H16F3N3O3/c1-12-3-6-15(7-4-12)30-19-8-5-14(11-26-19)28-20(29)18-10-16-17(22(23,24)25)9-13(2)27-21(16)31-18/h3-11H,1-2H3,(H,28,29). The van der Waals surface area contributed by atoms with Gasteiger partial charge in [0.15, 0.2) is 5.76 Å². The first-order valence-electron chi connectivity index (χ1n) is 9.19. The number of fused-ring (bicyclic) bond motifs is 1. The first kappa shape index (κ1) is 20.4. The number of rotatable bonds is 4. The van der Waals surface area contributed by atoms with Crippen LogP contribution >= 0.6 is 0 Å². The van der Waals surface area contributed by atoms with Gasteiger partial charge in [0.05, 0.1) is 22.8 Å². The zero-order valence-corrected chi connectivity index (χ0v) is 16.4. The predicted octanol–water partition coefficient (Wildman–Crippen LogP) is 5.90. The largest absolute Gasteiger partial charge is 0.439 e. The number of carbonyl (C=O) groups is 1. The molecule has 0 unspecified atom stereocenters. The summed E-state index contributed by atoms with van der Waals surface area (Å²) < 4.78 is 50.7. The van der Waals surface area contributed by atoms with Crippen LogP contribution < -0.4 is 10.1 Å². The van der Waals surface area contributed by atoms with E-state index in [2.05, 4.69) is 15.3 Å². The number of aryl methyl sites for hydroxylation is 2. The van der Waals surface area contributed by atoms with Crippen molar-refractivity contribution in [3.05, 3.63) is 77.3 Å². The minimum absolute atomic E-state index is 0.134. The van der Waals surface area contributed by atoms with Crippen molar-refractivity contribution in [2.45, 2.75) is 20.0 Å². The number of halogens is 3. The number of benzene rings is 1. The van der Waals surface area contributed by atoms with Gasteiger partial charge in [0.1, 0.15) is 5.75 Å². The smallest absolute Gasteiger partial charge is 0.417 e. The van der Waals surface area contributed by atoms with Crippen molar-refractivity contribution in [2.24, 2.45) is 0 Å². The quantitative estimate of drug-likeness (QED) is 0.439. The molecule has 1 N–H and O–H groups in total. The van der Waals surface area contributed by atoms with Gasteiger partial charge in [-0.3, -0.25) is 4.79 Å². The van der Waals surface area contributed by atoms with Gasteiger partial charge >= 0.3 is 6.18 Å². The van der Waals surface area contributed by atoms with Gasteiger partial charge in [-0.2, -0.15) is 13.2 Å². The van der Waals surface area contributed by atoms with Crippen LogP contribution in [-0.4, -0.2) is 15.9 Å². The molecular formula is C22H16F3N3O3. The summed E-state index contributed by atoms with van der Waals surface area (Å²) in [7, 11) is 0. The Bertz CT molecular complexity index is 1250. The van der Waals surface area contributed by atoms with Crippen LogP contribution in [0.2, 0.25) is 0 Å². The molecule has 0 bridgehead atoms. The third-order valence-corrected chi connectivity index (χ3v) is 4.40. The summed E-state index contributed by atoms with van der Waals surface area (Å²) in [5.41, 5.74) is 0.391. The zero-order chi connectivity index (χ0) is 22.2. The lowest BCUT2D eigenvalue weighted by Gasteiger charge is -2.07. The fourth-order valence-electron chi connectivity index (χ4n) is 2.92. The van der Waals surface area contributed by atoms with Gasteiger partial charge in [-0.05, 0) is 44.2 Å². The fourth-order valence-corrected chi connectivity index (χ4v) is 2.92. The predicted molar refractivity (Wildman–Crippen MR) is 107 cm³/mol. The van der Waals surface area contributed by atoms with Crippen LogP contribution in [0.4, 0.5) is 18.9 Å². The molecule has 6 nitrogen and oxygen atoms in total. The maximum atomic E-state index is 13.3. The maximum absolute atomic E-state index is 13.3. The Kier molecular flexibility index (Phi) is 5.10. The number of aromatic nitrogens is 2. The number of nitrogens with zero attached hydrogens (tertiary/aromatic N) is 2. The number of furan rings is 1. The molecule has 31 heavy (non-hydrogen) atoms. The monoisotopic (exact) mass is 427 g/mol. The van der Waals surface area contributed by atoms with Gasteiger partial charge in [-0.15, -0.1) is 0 Å². The van der Waals surface area contributed by atoms with Gasteiger partial charge in [0.2, 0.25) is 11.6 Å². The number of pyridine rings is 2. The summed E-state index contributed by atoms with van der Waals surface area (Å²) in [5, 5.41) is 2.26. The van der Waals surface area contributed by atoms with Gasteiger partial charge in [-0.1, -0.05) is 17.7 Å². The van der Waals surface area contributed by atoms with E-state index in [9.17, 15) is 18.0 Å². The maximum Gasteiger partial charge on any atom is 0.417 e. The van der Waals surface area contributed by atoms with Crippen LogP contribution in [0.1, 0.15) is 27.4 Å². The Morgan fingerprint density at radius 1 is 1.06 bits per heavy atom. The van der Waals surface area contributed by atoms with Crippen LogP contribution in [0.5, 0.6) is 11.6 Å². The second kappa shape index (κ2) is 7.75. The number of amides is 1. The van der Waals surface area contributed by atoms with E-state index in [0.717, 1.165) is 17.7 Å². The summed E-state index contributed by atoms with van der Waals surface area (Å²) in [6, 6.07) is 12.5. The lowest BCUT2D eigenvalue weighted by molar-refractivity contribution is -0.136. The van der Waals surface area contributed by atoms with Crippen molar-refractivity contribution in [3.8, 4) is 11.6 Å². The highest BCUT2D eigenvalue weighted by molar-refractivity contribution is 6.04. The molecule has 0 fully saturated rings. The molecule has 4 aromatic rings. The van der Waals surface area contributed by atoms with Crippen LogP contribution in [0.25, 0.3) is 11.1 Å². The van der Waals surface area contributed by atoms with Gasteiger partial charge in [0, 0.05) is 11.8 Å². The van der Waals surface area contributed by atoms with Crippen LogP contribution in [0.15, 0.2) is 59.1 Å². The first-order valence-corrected chi connectivity index (χ1v) is 9.19. The third-order valence-electron chi connectivity index (χ3n) is 4.40. The normalized spacial score (nSPS) is 11.5. The molecular weight excluding hydrogens is 411 g/mol. The summed E-state index contributed by atoms with van der Waals surface area (Å²) in [5.74, 6) is -0.0862. The molecule has 1 amide bonds. The lowest BCUT2D eigenvalue weighted by Crippen LogP contribution is -2.11. The molecule has 1 aromatic carbocycles. The average molecular weight is 427 g/mol. The summed E-state index contributed by atoms with van der Waals surface area (Å²) in [6.07, 6.45) is -3.23. The number of alkyl halides is 3. The van der Waals surface area contributed by atoms with Gasteiger partial charge < -0.3 is 14.5 Å². The Morgan fingerprint density at radius 3 is 2.45 bits per heavy atom. The van der Waals surface area contributed by atoms with Crippen LogP contribution in [0, 0.1) is 13.8 Å². The number of hydrogen-bond acceptors (Lipinski definition) is 5. The minimum Gasteiger partial charge on any atom is -0.439 e. The molecule has 0 aliphatic carbocycles. The third kappa shape index (κ3) is 4.50. The van der Waals surface area contributed by atoms with Crippen molar-refractivity contribution in [2.75, 3.05) is 5.32 Å². The zero-order valence-electron chi connectivity index (χ0n) is 16.4. The molecule has 0 saturated carbocycles. The molecule has 3 heterocycles. The SMILES string of the molecule is Cc1ccc(Oc2ccc(NC(=O)c3cc4c(C(F)(F)F)cc(C)nc4o3)cn2)cc1. The van der Waals surface area contributed by atoms with Crippen LogP contribution in [-0.2, 0) is 6.18 Å². The van der Waals surface area contributed by atoms with Crippen LogP contribution in [0.3, 0.4) is 0 Å². The van der Waals surface area contributed by atoms with E-state index in [1.165, 1.54) is 13.1 Å². The number of ether oxygens (including phenoxy) is 1. The Hall–Kier alpha value is -3.88. The molecule has 4 rings (SSSR count). The second-order valence-electron chi connectivity index (χ2n) is 6.89. The molecule has 0 spiro atoms. The van der Waals surface area contributed by atoms with E-state index in [-0.39, 0.29) is 22.6 Å². The molecule has 0 atom stereocenters. The number of carbonyl (C=O) groups excluding carboxylic acids is 1. The molecule has 0 aliphatic rings. The Labute approximate surface area is 174 Å². The van der Waals surface area contributed by atoms with Crippen molar-refractivity contribution in [3.63, 3.8) is 0 Å². The van der Waals surface area contributed by atoms with Crippen molar-refractivity contribution < 1.29 is 27.1 Å². The molecule has 0 radical (unpaired) electrons. The Morgan fingerprint density at radius 2 is 1.81 bits per heavy atom. The van der Waals surface area contributed by atoms with Gasteiger partial charge in [-0.25, -0.2) is 9.97 Å². The van der Waals surface area contributed by atoms with E-state index < -0.39 is 17.6 Å². The molecule has 0 aliphatic heterocycles. The molecule has 9 heteroatoms. The van der Waals surface area contributed by atoms with E-state index >= 15 is 0 Å². The summed E-state index contributed by atoms with van der Waals surface area (Å²) >= 11 is 0. The summed E-state index contributed by atoms with van der Waals surface area (Å²) in [4.78, 5) is 20.5. The highest BCUT2D eigenvalue weighted by atomic mass is 19.4. The van der Waals surface area contributed by atoms with E-state index in [4.69, 9.17) is 9.15 Å². The topological polar surface area (TPSA) is 77.2 Å². The minimum atomic E-state index is -4.60. The number of anilines is 1. The number of nitrogens with one attached hydrogen (secondary N) is 1. The highest BCUT2D eigenvalue weighted by Crippen LogP contribution is 2.36. The second-order valence-corrected chi connectivity index (χ2v) is 6.89. The molecule has 3 aromatic heterocycles. The average Bonchev–Trinajstić information content (AvgIpc) is 3.14. The van der Waals surface area contributed by atoms with E-state index in [1.54, 1.807) is 24.3 Å². The van der Waals surface area contributed by atoms with Crippen molar-refractivity contribution in [1.82, 2.24) is 9.97 Å². The Balaban J connectivity index is 1.51. The van der Waals surface area contributed by atoms with E-state index in [0.29, 0.717) is 17.3 Å². The fraction of sp³-hybridized carbons (Fsp3) is 0.136. The highest BCUT2D eigenvalue weighted by Gasteiger charge is 2.34. The van der Waals surface area contributed by atoms with Crippen molar-refractivity contribution in [1.29, 1.82) is 0 Å². The lowest BCUT2D eigenvalue weighted by atomic mass is 10.1. The van der Waals surface area contributed by atoms with Gasteiger partial charge in [0.25, 0.3) is 5.91 Å². The van der Waals surface area contributed by atoms with Crippen molar-refractivity contribution >= 4 is 22.7 Å². The molecule has 0 saturated heterocycles. The molecule has 158 valence electrons. The first-order chi connectivity index (χ1) is 14.7. The number of hydrogen-bond donors (Lipinski definition) is 1. The summed E-state index contributed by atoms with van der Waals surface area (Å²) in [6.45, 7) is 3.38.